The minimum Gasteiger partial charge on any atom is -0.0753 e. The molecule has 0 aromatic carbocycles. The van der Waals surface area contributed by atoms with Gasteiger partial charge in [0.2, 0.25) is 0 Å². The van der Waals surface area contributed by atoms with Gasteiger partial charge in [-0.05, 0) is 22.8 Å². The lowest BCUT2D eigenvalue weighted by Gasteiger charge is -1.68. The van der Waals surface area contributed by atoms with Crippen LogP contribution in [0.1, 0.15) is 12.8 Å². The predicted molar refractivity (Wildman–Crippen MR) is 35.9 cm³/mol. The highest BCUT2D eigenvalue weighted by Crippen LogP contribution is 2.30. The van der Waals surface area contributed by atoms with Crippen LogP contribution in [0.2, 0.25) is 0 Å². The van der Waals surface area contributed by atoms with Gasteiger partial charge < -0.3 is 0 Å². The van der Waals surface area contributed by atoms with Crippen LogP contribution in [0.25, 0.3) is 0 Å². The van der Waals surface area contributed by atoms with E-state index in [2.05, 4.69) is 32.7 Å². The number of halogens is 1. The summed E-state index contributed by atoms with van der Waals surface area (Å²) in [6.07, 6.45) is 5.12. The van der Waals surface area contributed by atoms with Crippen LogP contribution >= 0.6 is 22.6 Å². The summed E-state index contributed by atoms with van der Waals surface area (Å²) in [5, 5.41) is 0. The third-order valence-electron chi connectivity index (χ3n) is 0.967. The molecule has 1 aliphatic carbocycles. The Labute approximate surface area is 51.8 Å². The van der Waals surface area contributed by atoms with Crippen LogP contribution < -0.4 is 0 Å². The average Bonchev–Trinajstić information content (AvgIpc) is 2.21. The van der Waals surface area contributed by atoms with E-state index in [1.807, 2.05) is 0 Å². The fraction of sp³-hybridized carbons (Fsp3) is 0.600. The Kier molecular flexibility index (Phi) is 1.51. The van der Waals surface area contributed by atoms with Crippen molar-refractivity contribution in [1.29, 1.82) is 0 Å². The summed E-state index contributed by atoms with van der Waals surface area (Å²) in [6.45, 7) is 0. The Balaban J connectivity index is 2.15. The number of rotatable bonds is 1. The second-order valence-electron chi connectivity index (χ2n) is 1.66. The van der Waals surface area contributed by atoms with Crippen LogP contribution in [-0.2, 0) is 0 Å². The topological polar surface area (TPSA) is 0 Å². The summed E-state index contributed by atoms with van der Waals surface area (Å²) in [6, 6.07) is 0. The van der Waals surface area contributed by atoms with Crippen molar-refractivity contribution in [3.05, 3.63) is 10.2 Å². The maximum Gasteiger partial charge on any atom is -0.0226 e. The van der Waals surface area contributed by atoms with E-state index in [-0.39, 0.29) is 0 Å². The van der Waals surface area contributed by atoms with Gasteiger partial charge >= 0.3 is 0 Å². The molecule has 0 N–H and O–H groups in total. The molecule has 0 unspecified atom stereocenters. The first-order chi connectivity index (χ1) is 2.93. The van der Waals surface area contributed by atoms with Gasteiger partial charge in [0, 0.05) is 0 Å². The van der Waals surface area contributed by atoms with E-state index in [4.69, 9.17) is 0 Å². The second kappa shape index (κ2) is 1.96. The molecule has 0 saturated heterocycles. The van der Waals surface area contributed by atoms with Gasteiger partial charge in [0.25, 0.3) is 0 Å². The molecule has 34 valence electrons. The Morgan fingerprint density at radius 2 is 2.17 bits per heavy atom. The third kappa shape index (κ3) is 1.29. The van der Waals surface area contributed by atoms with Crippen molar-refractivity contribution in [3.63, 3.8) is 0 Å². The SMILES string of the molecule is IC=CC1CC1. The van der Waals surface area contributed by atoms with Gasteiger partial charge in [0.15, 0.2) is 0 Å². The van der Waals surface area contributed by atoms with Gasteiger partial charge in [-0.2, -0.15) is 0 Å². The quantitative estimate of drug-likeness (QED) is 0.562. The summed E-state index contributed by atoms with van der Waals surface area (Å²) >= 11 is 2.26. The van der Waals surface area contributed by atoms with Crippen molar-refractivity contribution in [2.45, 2.75) is 12.8 Å². The molecule has 0 nitrogen and oxygen atoms in total. The van der Waals surface area contributed by atoms with E-state index < -0.39 is 0 Å². The second-order valence-corrected chi connectivity index (χ2v) is 2.38. The lowest BCUT2D eigenvalue weighted by molar-refractivity contribution is 1.13. The highest BCUT2D eigenvalue weighted by molar-refractivity contribution is 14.1. The molecule has 1 saturated carbocycles. The predicted octanol–water partition coefficient (Wildman–Crippen LogP) is 2.35. The summed E-state index contributed by atoms with van der Waals surface area (Å²) < 4.78 is 2.11. The molecule has 1 aliphatic rings. The maximum atomic E-state index is 2.26. The molecule has 0 bridgehead atoms. The van der Waals surface area contributed by atoms with Gasteiger partial charge in [-0.1, -0.05) is 28.7 Å². The first kappa shape index (κ1) is 4.62. The average molecular weight is 194 g/mol. The Morgan fingerprint density at radius 1 is 1.50 bits per heavy atom. The van der Waals surface area contributed by atoms with Gasteiger partial charge in [-0.3, -0.25) is 0 Å². The molecule has 0 heterocycles. The Hall–Kier alpha value is 0.470. The molecule has 0 atom stereocenters. The van der Waals surface area contributed by atoms with Gasteiger partial charge in [-0.25, -0.2) is 0 Å². The monoisotopic (exact) mass is 194 g/mol. The van der Waals surface area contributed by atoms with E-state index in [0.717, 1.165) is 5.92 Å². The summed E-state index contributed by atoms with van der Waals surface area (Å²) in [5.74, 6) is 0.960. The van der Waals surface area contributed by atoms with Crippen molar-refractivity contribution < 1.29 is 0 Å². The van der Waals surface area contributed by atoms with Gasteiger partial charge in [0.05, 0.1) is 0 Å². The number of hydrogen-bond acceptors (Lipinski definition) is 0. The molecule has 6 heavy (non-hydrogen) atoms. The molecule has 1 fully saturated rings. The molecule has 1 rings (SSSR count). The molecule has 0 aliphatic heterocycles. The van der Waals surface area contributed by atoms with Crippen LogP contribution in [0, 0.1) is 5.92 Å². The lowest BCUT2D eigenvalue weighted by atomic mass is 10.4. The van der Waals surface area contributed by atoms with Gasteiger partial charge in [-0.15, -0.1) is 0 Å². The molecule has 0 amide bonds. The summed E-state index contributed by atoms with van der Waals surface area (Å²) in [4.78, 5) is 0. The van der Waals surface area contributed by atoms with Crippen molar-refractivity contribution in [2.24, 2.45) is 5.92 Å². The third-order valence-corrected chi connectivity index (χ3v) is 1.38. The molecule has 0 aromatic heterocycles. The zero-order valence-electron chi connectivity index (χ0n) is 3.52. The van der Waals surface area contributed by atoms with Crippen LogP contribution in [0.3, 0.4) is 0 Å². The zero-order chi connectivity index (χ0) is 4.41. The van der Waals surface area contributed by atoms with Crippen molar-refractivity contribution in [1.82, 2.24) is 0 Å². The van der Waals surface area contributed by atoms with Crippen LogP contribution in [0.15, 0.2) is 10.2 Å². The minimum atomic E-state index is 0.960. The summed E-state index contributed by atoms with van der Waals surface area (Å²) in [7, 11) is 0. The normalized spacial score (nSPS) is 22.8. The first-order valence-corrected chi connectivity index (χ1v) is 3.45. The minimum absolute atomic E-state index is 0.960. The van der Waals surface area contributed by atoms with Crippen LogP contribution in [-0.4, -0.2) is 0 Å². The molecule has 1 heteroatoms. The number of hydrogen-bond donors (Lipinski definition) is 0. The van der Waals surface area contributed by atoms with E-state index in [9.17, 15) is 0 Å². The Morgan fingerprint density at radius 3 is 2.33 bits per heavy atom. The summed E-state index contributed by atoms with van der Waals surface area (Å²) in [5.41, 5.74) is 0. The molecular formula is C5H7I. The Bertz CT molecular complexity index is 62.3. The van der Waals surface area contributed by atoms with E-state index >= 15 is 0 Å². The lowest BCUT2D eigenvalue weighted by Crippen LogP contribution is -1.53. The molecule has 0 radical (unpaired) electrons. The fourth-order valence-corrected chi connectivity index (χ4v) is 0.979. The smallest absolute Gasteiger partial charge is 0.0226 e. The highest BCUT2D eigenvalue weighted by atomic mass is 127. The fourth-order valence-electron chi connectivity index (χ4n) is 0.392. The van der Waals surface area contributed by atoms with Crippen molar-refractivity contribution in [3.8, 4) is 0 Å². The standard InChI is InChI=1S/C5H7I/c6-4-3-5-1-2-5/h3-5H,1-2H2. The van der Waals surface area contributed by atoms with Crippen LogP contribution in [0.4, 0.5) is 0 Å². The van der Waals surface area contributed by atoms with Crippen molar-refractivity contribution >= 4 is 22.6 Å². The van der Waals surface area contributed by atoms with E-state index in [0.29, 0.717) is 0 Å². The largest absolute Gasteiger partial charge is 0.0753 e. The molecule has 0 aromatic rings. The van der Waals surface area contributed by atoms with E-state index in [1.54, 1.807) is 0 Å². The first-order valence-electron chi connectivity index (χ1n) is 2.20. The zero-order valence-corrected chi connectivity index (χ0v) is 5.68. The van der Waals surface area contributed by atoms with Gasteiger partial charge in [0.1, 0.15) is 0 Å². The molecular weight excluding hydrogens is 187 g/mol. The van der Waals surface area contributed by atoms with E-state index in [1.165, 1.54) is 12.8 Å². The molecule has 0 spiro atoms. The van der Waals surface area contributed by atoms with Crippen LogP contribution in [0.5, 0.6) is 0 Å². The number of allylic oxidation sites excluding steroid dienone is 1. The van der Waals surface area contributed by atoms with Crippen molar-refractivity contribution in [2.75, 3.05) is 0 Å². The highest BCUT2D eigenvalue weighted by Gasteiger charge is 2.16. The maximum absolute atomic E-state index is 2.26.